The van der Waals surface area contributed by atoms with Crippen molar-refractivity contribution in [3.63, 3.8) is 0 Å². The van der Waals surface area contributed by atoms with Gasteiger partial charge >= 0.3 is 6.18 Å². The smallest absolute Gasteiger partial charge is 0.416 e. The number of aliphatic hydroxyl groups is 2. The first-order chi connectivity index (χ1) is 19.2. The number of allylic oxidation sites excluding steroid dienone is 3. The topological polar surface area (TPSA) is 192 Å². The first-order valence-electron chi connectivity index (χ1n) is 13.2. The maximum atomic E-state index is 13.6. The number of Topliss-reactive ketones (excluding diaryl/α,β-unsaturated/α-hetero) is 4. The van der Waals surface area contributed by atoms with Crippen molar-refractivity contribution in [3.05, 3.63) is 80.6 Å². The standard InChI is InChI=1S/C31H27F3O7.2H2O.2H2/c1-13-3-4-15(21(7-13)31(32,33)34)10-20(36)11-17-6-5-16-8-18-9-19-12-22(37)23(14(2)35)28(39)26(19)30(41)25(18)29(40)24(16)27(17)38;;;;/h3-7,18-19,26,38-40H,8-12H2,1-2H3;2*1H2;2*1H. The van der Waals surface area contributed by atoms with E-state index in [1.807, 2.05) is 0 Å². The molecule has 0 saturated heterocycles. The average molecular weight is 609 g/mol. The molecule has 7 N–H and O–H groups in total. The second-order valence-corrected chi connectivity index (χ2v) is 11.1. The van der Waals surface area contributed by atoms with Crippen LogP contribution in [0.3, 0.4) is 0 Å². The Morgan fingerprint density at radius 1 is 0.977 bits per heavy atom. The summed E-state index contributed by atoms with van der Waals surface area (Å²) in [4.78, 5) is 50.8. The van der Waals surface area contributed by atoms with Gasteiger partial charge in [0.15, 0.2) is 17.3 Å². The number of benzene rings is 2. The van der Waals surface area contributed by atoms with Gasteiger partial charge in [0.1, 0.15) is 23.1 Å². The number of hydrogen-bond donors (Lipinski definition) is 3. The molecule has 3 aliphatic rings. The van der Waals surface area contributed by atoms with Gasteiger partial charge in [-0.15, -0.1) is 0 Å². The van der Waals surface area contributed by atoms with Crippen LogP contribution in [0.5, 0.6) is 5.75 Å². The molecule has 9 nitrogen and oxygen atoms in total. The number of aliphatic hydroxyl groups excluding tert-OH is 2. The van der Waals surface area contributed by atoms with Gasteiger partial charge in [0, 0.05) is 33.3 Å². The van der Waals surface area contributed by atoms with E-state index in [1.165, 1.54) is 25.1 Å². The number of hydrogen-bond acceptors (Lipinski definition) is 7. The quantitative estimate of drug-likeness (QED) is 0.428. The van der Waals surface area contributed by atoms with Crippen molar-refractivity contribution in [1.82, 2.24) is 0 Å². The van der Waals surface area contributed by atoms with E-state index in [2.05, 4.69) is 0 Å². The summed E-state index contributed by atoms with van der Waals surface area (Å²) >= 11 is 0. The summed E-state index contributed by atoms with van der Waals surface area (Å²) in [7, 11) is 0. The first-order valence-corrected chi connectivity index (χ1v) is 13.2. The third kappa shape index (κ3) is 5.72. The molecular weight excluding hydrogens is 573 g/mol. The highest BCUT2D eigenvalue weighted by molar-refractivity contribution is 6.22. The lowest BCUT2D eigenvalue weighted by Crippen LogP contribution is -2.43. The van der Waals surface area contributed by atoms with Crippen LogP contribution >= 0.6 is 0 Å². The summed E-state index contributed by atoms with van der Waals surface area (Å²) in [5, 5.41) is 33.0. The number of ketones is 4. The summed E-state index contributed by atoms with van der Waals surface area (Å²) in [5.74, 6) is -6.22. The lowest BCUT2D eigenvalue weighted by atomic mass is 9.61. The molecule has 0 radical (unpaired) electrons. The molecule has 234 valence electrons. The minimum Gasteiger partial charge on any atom is -0.511 e. The summed E-state index contributed by atoms with van der Waals surface area (Å²) in [5.41, 5.74) is -0.626. The average Bonchev–Trinajstić information content (AvgIpc) is 2.85. The molecule has 3 atom stereocenters. The van der Waals surface area contributed by atoms with Gasteiger partial charge in [-0.3, -0.25) is 19.2 Å². The van der Waals surface area contributed by atoms with Gasteiger partial charge in [-0.05, 0) is 55.7 Å². The molecule has 3 aliphatic carbocycles. The Morgan fingerprint density at radius 2 is 1.60 bits per heavy atom. The van der Waals surface area contributed by atoms with Gasteiger partial charge in [-0.2, -0.15) is 13.2 Å². The molecule has 5 rings (SSSR count). The number of aryl methyl sites for hydroxylation is 1. The van der Waals surface area contributed by atoms with E-state index >= 15 is 0 Å². The van der Waals surface area contributed by atoms with Crippen molar-refractivity contribution in [2.45, 2.75) is 52.1 Å². The largest absolute Gasteiger partial charge is 0.511 e. The first kappa shape index (κ1) is 33.2. The molecule has 2 aromatic carbocycles. The van der Waals surface area contributed by atoms with Crippen molar-refractivity contribution in [1.29, 1.82) is 0 Å². The predicted octanol–water partition coefficient (Wildman–Crippen LogP) is 3.94. The monoisotopic (exact) mass is 608 g/mol. The molecular formula is C31H35F3O9. The van der Waals surface area contributed by atoms with E-state index in [4.69, 9.17) is 0 Å². The minimum absolute atomic E-state index is 0. The molecule has 1 saturated carbocycles. The Morgan fingerprint density at radius 3 is 2.23 bits per heavy atom. The van der Waals surface area contributed by atoms with Crippen LogP contribution in [-0.2, 0) is 44.6 Å². The molecule has 0 spiro atoms. The summed E-state index contributed by atoms with van der Waals surface area (Å²) in [6, 6.07) is 6.76. The highest BCUT2D eigenvalue weighted by Crippen LogP contribution is 2.50. The Labute approximate surface area is 246 Å². The zero-order valence-corrected chi connectivity index (χ0v) is 23.3. The second kappa shape index (κ2) is 11.8. The molecule has 0 aliphatic heterocycles. The number of fused-ring (bicyclic) bond motifs is 3. The van der Waals surface area contributed by atoms with E-state index in [-0.39, 0.29) is 55.3 Å². The minimum atomic E-state index is -4.64. The zero-order chi connectivity index (χ0) is 30.0. The molecule has 43 heavy (non-hydrogen) atoms. The van der Waals surface area contributed by atoms with Gasteiger partial charge in [-0.25, -0.2) is 0 Å². The number of carbonyl (C=O) groups is 4. The number of phenolic OH excluding ortho intramolecular Hbond substituents is 1. The van der Waals surface area contributed by atoms with Crippen LogP contribution in [-0.4, -0.2) is 49.4 Å². The fraction of sp³-hybridized carbons (Fsp3) is 0.355. The fourth-order valence-corrected chi connectivity index (χ4v) is 6.51. The Balaban J connectivity index is 0.00000253. The van der Waals surface area contributed by atoms with E-state index < -0.39 is 88.3 Å². The molecule has 1 fully saturated rings. The summed E-state index contributed by atoms with van der Waals surface area (Å²) in [6.07, 6.45) is -5.14. The number of alkyl halides is 3. The zero-order valence-electron chi connectivity index (χ0n) is 23.3. The molecule has 2 aromatic rings. The Bertz CT molecular complexity index is 1610. The number of halogens is 3. The number of rotatable bonds is 5. The van der Waals surface area contributed by atoms with Gasteiger partial charge in [-0.1, -0.05) is 29.8 Å². The highest BCUT2D eigenvalue weighted by Gasteiger charge is 2.50. The van der Waals surface area contributed by atoms with Crippen LogP contribution in [0.1, 0.15) is 56.0 Å². The fourth-order valence-electron chi connectivity index (χ4n) is 6.51. The van der Waals surface area contributed by atoms with Crippen LogP contribution in [0.2, 0.25) is 0 Å². The van der Waals surface area contributed by atoms with E-state index in [1.54, 1.807) is 6.07 Å². The van der Waals surface area contributed by atoms with Crippen LogP contribution < -0.4 is 0 Å². The third-order valence-electron chi connectivity index (χ3n) is 8.30. The third-order valence-corrected chi connectivity index (χ3v) is 8.30. The van der Waals surface area contributed by atoms with Crippen molar-refractivity contribution < 1.29 is 61.5 Å². The highest BCUT2D eigenvalue weighted by atomic mass is 19.4. The van der Waals surface area contributed by atoms with Crippen LogP contribution in [0.4, 0.5) is 13.2 Å². The lowest BCUT2D eigenvalue weighted by Gasteiger charge is -2.41. The summed E-state index contributed by atoms with van der Waals surface area (Å²) in [6.45, 7) is 2.64. The van der Waals surface area contributed by atoms with Gasteiger partial charge in [0.05, 0.1) is 22.6 Å². The van der Waals surface area contributed by atoms with E-state index in [0.29, 0.717) is 11.1 Å². The maximum absolute atomic E-state index is 13.6. The number of phenols is 1. The van der Waals surface area contributed by atoms with Gasteiger partial charge in [0.2, 0.25) is 0 Å². The normalized spacial score (nSPS) is 21.3. The molecule has 12 heteroatoms. The molecule has 0 aromatic heterocycles. The molecule has 3 unspecified atom stereocenters. The number of aromatic hydroxyl groups is 1. The maximum Gasteiger partial charge on any atom is 0.416 e. The molecule has 0 amide bonds. The van der Waals surface area contributed by atoms with Crippen molar-refractivity contribution in [2.75, 3.05) is 0 Å². The Kier molecular flexibility index (Phi) is 9.09. The predicted molar refractivity (Wildman–Crippen MR) is 151 cm³/mol. The summed E-state index contributed by atoms with van der Waals surface area (Å²) < 4.78 is 40.5. The Hall–Kier alpha value is -4.29. The van der Waals surface area contributed by atoms with E-state index in [9.17, 15) is 47.7 Å². The van der Waals surface area contributed by atoms with Gasteiger partial charge in [0.25, 0.3) is 0 Å². The van der Waals surface area contributed by atoms with Crippen molar-refractivity contribution in [2.24, 2.45) is 17.8 Å². The molecule has 0 heterocycles. The van der Waals surface area contributed by atoms with Crippen LogP contribution in [0.15, 0.2) is 47.2 Å². The van der Waals surface area contributed by atoms with Crippen LogP contribution in [0, 0.1) is 24.7 Å². The van der Waals surface area contributed by atoms with E-state index in [0.717, 1.165) is 13.0 Å². The lowest BCUT2D eigenvalue weighted by molar-refractivity contribution is -0.138. The molecule has 0 bridgehead atoms. The van der Waals surface area contributed by atoms with Crippen molar-refractivity contribution >= 4 is 28.9 Å². The van der Waals surface area contributed by atoms with Gasteiger partial charge < -0.3 is 26.3 Å². The van der Waals surface area contributed by atoms with Crippen molar-refractivity contribution in [3.8, 4) is 5.75 Å². The number of carbonyl (C=O) groups excluding carboxylic acids is 4. The second-order valence-electron chi connectivity index (χ2n) is 11.1. The van der Waals surface area contributed by atoms with Crippen LogP contribution in [0.25, 0.3) is 5.76 Å². The SMILES string of the molecule is CC(=O)C1=C(O)C2C(=O)C3=C(O)c4c(ccc(CC(=O)Cc5ccc(C)cc5C(F)(F)F)c4O)CC3CC2CC1=O.O.O.[HH].[HH].